The minimum atomic E-state index is -0.0858. The Labute approximate surface area is 176 Å². The van der Waals surface area contributed by atoms with Gasteiger partial charge in [0.1, 0.15) is 0 Å². The Morgan fingerprint density at radius 3 is 1.60 bits per heavy atom. The molecule has 0 unspecified atom stereocenters. The van der Waals surface area contributed by atoms with Crippen LogP contribution in [0.1, 0.15) is 6.92 Å². The lowest BCUT2D eigenvalue weighted by atomic mass is 10.0. The Morgan fingerprint density at radius 1 is 0.600 bits per heavy atom. The van der Waals surface area contributed by atoms with Crippen molar-refractivity contribution in [3.8, 4) is 0 Å². The third-order valence-corrected chi connectivity index (χ3v) is 5.17. The molecule has 0 atom stereocenters. The second kappa shape index (κ2) is 7.41. The molecule has 0 aliphatic carbocycles. The molecule has 0 saturated heterocycles. The summed E-state index contributed by atoms with van der Waals surface area (Å²) in [6, 6.07) is 35.1. The molecule has 30 heavy (non-hydrogen) atoms. The maximum Gasteiger partial charge on any atom is 0.221 e. The van der Waals surface area contributed by atoms with E-state index in [9.17, 15) is 4.79 Å². The zero-order valence-electron chi connectivity index (χ0n) is 16.6. The second-order valence-corrected chi connectivity index (χ2v) is 7.22. The van der Waals surface area contributed by atoms with Gasteiger partial charge in [0, 0.05) is 24.0 Å². The average molecular weight is 391 g/mol. The maximum absolute atomic E-state index is 11.7. The van der Waals surface area contributed by atoms with E-state index in [1.165, 1.54) is 6.92 Å². The number of carbonyl (C=O) groups excluding carboxylic acids is 1. The molecule has 1 N–H and O–H groups in total. The topological polar surface area (TPSA) is 35.6 Å². The summed E-state index contributed by atoms with van der Waals surface area (Å²) in [6.07, 6.45) is 0. The minimum Gasteiger partial charge on any atom is -0.326 e. The molecule has 0 aromatic heterocycles. The number of fused-ring (bicyclic) bond motifs is 2. The fourth-order valence-electron chi connectivity index (χ4n) is 3.98. The van der Waals surface area contributed by atoms with E-state index in [4.69, 9.17) is 0 Å². The molecule has 146 valence electrons. The number of nitrogens with zero attached hydrogens (tertiary/aromatic N) is 2. The Balaban J connectivity index is 1.78. The van der Waals surface area contributed by atoms with E-state index in [0.717, 1.165) is 39.8 Å². The Bertz CT molecular complexity index is 1210. The lowest BCUT2D eigenvalue weighted by Gasteiger charge is -2.40. The average Bonchev–Trinajstić information content (AvgIpc) is 2.78. The summed E-state index contributed by atoms with van der Waals surface area (Å²) in [7, 11) is 0. The highest BCUT2D eigenvalue weighted by Crippen LogP contribution is 2.54. The van der Waals surface area contributed by atoms with Gasteiger partial charge in [-0.3, -0.25) is 4.79 Å². The van der Waals surface area contributed by atoms with E-state index in [1.807, 2.05) is 48.5 Å². The van der Waals surface area contributed by atoms with Crippen molar-refractivity contribution in [2.45, 2.75) is 6.92 Å². The standard InChI is InChI=1S/C26H21N3O/c1-19(30)27-20-16-17-25-26(18-20)29(22-12-6-3-7-13-22)24-15-9-8-14-23(24)28(25)21-10-4-2-5-11-21/h2-18H,1H3,(H,27,30). The number of amides is 1. The van der Waals surface area contributed by atoms with Gasteiger partial charge in [0.25, 0.3) is 0 Å². The van der Waals surface area contributed by atoms with E-state index in [1.54, 1.807) is 0 Å². The van der Waals surface area contributed by atoms with Crippen molar-refractivity contribution in [1.82, 2.24) is 0 Å². The molecule has 5 rings (SSSR count). The number of nitrogens with one attached hydrogen (secondary N) is 1. The molecule has 0 spiro atoms. The quantitative estimate of drug-likeness (QED) is 0.363. The van der Waals surface area contributed by atoms with Gasteiger partial charge in [-0.05, 0) is 54.6 Å². The molecular formula is C26H21N3O. The van der Waals surface area contributed by atoms with Crippen molar-refractivity contribution in [3.63, 3.8) is 0 Å². The molecule has 1 heterocycles. The van der Waals surface area contributed by atoms with Crippen molar-refractivity contribution < 1.29 is 4.79 Å². The Morgan fingerprint density at radius 2 is 1.07 bits per heavy atom. The maximum atomic E-state index is 11.7. The summed E-state index contributed by atoms with van der Waals surface area (Å²) in [5.74, 6) is -0.0858. The molecule has 1 aliphatic heterocycles. The van der Waals surface area contributed by atoms with Crippen LogP contribution in [0.15, 0.2) is 103 Å². The lowest BCUT2D eigenvalue weighted by Crippen LogP contribution is -2.24. The van der Waals surface area contributed by atoms with Gasteiger partial charge in [0.2, 0.25) is 5.91 Å². The van der Waals surface area contributed by atoms with Crippen LogP contribution in [0.3, 0.4) is 0 Å². The molecule has 0 radical (unpaired) electrons. The van der Waals surface area contributed by atoms with Crippen molar-refractivity contribution in [1.29, 1.82) is 0 Å². The molecule has 0 saturated carbocycles. The van der Waals surface area contributed by atoms with Crippen LogP contribution in [0, 0.1) is 0 Å². The molecule has 4 heteroatoms. The van der Waals surface area contributed by atoms with Crippen molar-refractivity contribution >= 4 is 45.7 Å². The molecule has 1 amide bonds. The number of carbonyl (C=O) groups is 1. The fourth-order valence-corrected chi connectivity index (χ4v) is 3.98. The summed E-state index contributed by atoms with van der Waals surface area (Å²) < 4.78 is 0. The van der Waals surface area contributed by atoms with Crippen molar-refractivity contribution in [2.75, 3.05) is 15.1 Å². The van der Waals surface area contributed by atoms with Crippen molar-refractivity contribution in [3.05, 3.63) is 103 Å². The van der Waals surface area contributed by atoms with Crippen LogP contribution < -0.4 is 15.1 Å². The minimum absolute atomic E-state index is 0.0858. The number of anilines is 7. The number of hydrogen-bond acceptors (Lipinski definition) is 3. The number of para-hydroxylation sites is 4. The van der Waals surface area contributed by atoms with Crippen LogP contribution in [0.2, 0.25) is 0 Å². The summed E-state index contributed by atoms with van der Waals surface area (Å²) in [5, 5.41) is 2.92. The predicted molar refractivity (Wildman–Crippen MR) is 124 cm³/mol. The Hall–Kier alpha value is -4.05. The second-order valence-electron chi connectivity index (χ2n) is 7.22. The van der Waals surface area contributed by atoms with E-state index >= 15 is 0 Å². The van der Waals surface area contributed by atoms with E-state index < -0.39 is 0 Å². The molecule has 4 aromatic carbocycles. The first kappa shape index (κ1) is 18.0. The zero-order valence-corrected chi connectivity index (χ0v) is 16.6. The fraction of sp³-hybridized carbons (Fsp3) is 0.0385. The first-order chi connectivity index (χ1) is 14.7. The van der Waals surface area contributed by atoms with Gasteiger partial charge < -0.3 is 15.1 Å². The summed E-state index contributed by atoms with van der Waals surface area (Å²) >= 11 is 0. The third kappa shape index (κ3) is 3.08. The van der Waals surface area contributed by atoms with Gasteiger partial charge in [0.15, 0.2) is 0 Å². The van der Waals surface area contributed by atoms with Gasteiger partial charge >= 0.3 is 0 Å². The number of hydrogen-bond donors (Lipinski definition) is 1. The lowest BCUT2D eigenvalue weighted by molar-refractivity contribution is -0.114. The molecule has 4 nitrogen and oxygen atoms in total. The normalized spacial score (nSPS) is 12.2. The molecule has 1 aliphatic rings. The van der Waals surface area contributed by atoms with E-state index in [0.29, 0.717) is 0 Å². The van der Waals surface area contributed by atoms with Gasteiger partial charge in [-0.1, -0.05) is 48.5 Å². The van der Waals surface area contributed by atoms with E-state index in [-0.39, 0.29) is 5.91 Å². The highest BCUT2D eigenvalue weighted by Gasteiger charge is 2.30. The van der Waals surface area contributed by atoms with Crippen LogP contribution >= 0.6 is 0 Å². The monoisotopic (exact) mass is 391 g/mol. The van der Waals surface area contributed by atoms with Crippen LogP contribution in [0.5, 0.6) is 0 Å². The SMILES string of the molecule is CC(=O)Nc1ccc2c(c1)N(c1ccccc1)c1ccccc1N2c1ccccc1. The van der Waals surface area contributed by atoms with Gasteiger partial charge in [0.05, 0.1) is 22.7 Å². The van der Waals surface area contributed by atoms with Gasteiger partial charge in [-0.2, -0.15) is 0 Å². The largest absolute Gasteiger partial charge is 0.326 e. The zero-order chi connectivity index (χ0) is 20.5. The smallest absolute Gasteiger partial charge is 0.221 e. The highest BCUT2D eigenvalue weighted by molar-refractivity contribution is 6.03. The molecule has 0 bridgehead atoms. The first-order valence-corrected chi connectivity index (χ1v) is 9.93. The van der Waals surface area contributed by atoms with Gasteiger partial charge in [-0.15, -0.1) is 0 Å². The molecular weight excluding hydrogens is 370 g/mol. The van der Waals surface area contributed by atoms with E-state index in [2.05, 4.69) is 69.7 Å². The number of benzene rings is 4. The highest BCUT2D eigenvalue weighted by atomic mass is 16.1. The molecule has 0 fully saturated rings. The van der Waals surface area contributed by atoms with Gasteiger partial charge in [-0.25, -0.2) is 0 Å². The summed E-state index contributed by atoms with van der Waals surface area (Å²) in [6.45, 7) is 1.53. The van der Waals surface area contributed by atoms with Crippen LogP contribution in [-0.2, 0) is 4.79 Å². The summed E-state index contributed by atoms with van der Waals surface area (Å²) in [4.78, 5) is 16.2. The third-order valence-electron chi connectivity index (χ3n) is 5.17. The predicted octanol–water partition coefficient (Wildman–Crippen LogP) is 6.90. The molecule has 4 aromatic rings. The van der Waals surface area contributed by atoms with Crippen molar-refractivity contribution in [2.24, 2.45) is 0 Å². The van der Waals surface area contributed by atoms with Crippen LogP contribution in [0.4, 0.5) is 39.8 Å². The number of rotatable bonds is 3. The Kier molecular flexibility index (Phi) is 4.45. The van der Waals surface area contributed by atoms with Crippen LogP contribution in [-0.4, -0.2) is 5.91 Å². The first-order valence-electron chi connectivity index (χ1n) is 9.93. The summed E-state index contributed by atoms with van der Waals surface area (Å²) in [5.41, 5.74) is 7.18. The van der Waals surface area contributed by atoms with Crippen LogP contribution in [0.25, 0.3) is 0 Å².